The topological polar surface area (TPSA) is 47.8 Å². The highest BCUT2D eigenvalue weighted by Crippen LogP contribution is 2.03. The molecule has 1 aromatic rings. The van der Waals surface area contributed by atoms with E-state index in [1.807, 2.05) is 13.8 Å². The molecule has 0 saturated carbocycles. The minimum atomic E-state index is 0.246. The third-order valence-electron chi connectivity index (χ3n) is 1.26. The minimum Gasteiger partial charge on any atom is -0.309 e. The van der Waals surface area contributed by atoms with Crippen LogP contribution in [0.5, 0.6) is 0 Å². The van der Waals surface area contributed by atoms with Crippen LogP contribution in [0.3, 0.4) is 0 Å². The minimum absolute atomic E-state index is 0.246. The average Bonchev–Trinajstić information content (AvgIpc) is 2.33. The number of carbonyl (C=O) groups is 1. The Kier molecular flexibility index (Phi) is 1.80. The number of hydrogen-bond donors (Lipinski definition) is 0. The molecular weight excluding hydrogens is 130 g/mol. The van der Waals surface area contributed by atoms with Crippen molar-refractivity contribution in [2.24, 2.45) is 0 Å². The summed E-state index contributed by atoms with van der Waals surface area (Å²) in [7, 11) is 0. The molecule has 4 heteroatoms. The molecular formula is C6H9N3O. The zero-order chi connectivity index (χ0) is 7.56. The number of hydrogen-bond acceptors (Lipinski definition) is 3. The van der Waals surface area contributed by atoms with Crippen LogP contribution in [0.25, 0.3) is 0 Å². The summed E-state index contributed by atoms with van der Waals surface area (Å²) >= 11 is 0. The highest BCUT2D eigenvalue weighted by molar-refractivity contribution is 5.68. The first-order chi connectivity index (χ1) is 4.75. The Labute approximate surface area is 58.9 Å². The van der Waals surface area contributed by atoms with Crippen LogP contribution in [0.4, 0.5) is 0 Å². The van der Waals surface area contributed by atoms with Gasteiger partial charge in [0, 0.05) is 6.04 Å². The van der Waals surface area contributed by atoms with Gasteiger partial charge in [0.25, 0.3) is 0 Å². The summed E-state index contributed by atoms with van der Waals surface area (Å²) in [6.07, 6.45) is 2.25. The molecule has 0 radical (unpaired) electrons. The van der Waals surface area contributed by atoms with Gasteiger partial charge in [-0.15, -0.1) is 10.2 Å². The van der Waals surface area contributed by atoms with E-state index in [0.29, 0.717) is 12.1 Å². The number of nitrogens with zero attached hydrogens (tertiary/aromatic N) is 3. The van der Waals surface area contributed by atoms with Crippen LogP contribution >= 0.6 is 0 Å². The van der Waals surface area contributed by atoms with Crippen LogP contribution < -0.4 is 0 Å². The van der Waals surface area contributed by atoms with Crippen molar-refractivity contribution in [1.82, 2.24) is 14.8 Å². The SMILES string of the molecule is CC(C)n1cnnc1C=O. The summed E-state index contributed by atoms with van der Waals surface area (Å²) in [5, 5.41) is 7.20. The molecule has 54 valence electrons. The summed E-state index contributed by atoms with van der Waals surface area (Å²) in [6.45, 7) is 3.94. The molecule has 1 rings (SSSR count). The smallest absolute Gasteiger partial charge is 0.196 e. The third-order valence-corrected chi connectivity index (χ3v) is 1.26. The molecule has 1 aromatic heterocycles. The van der Waals surface area contributed by atoms with Crippen LogP contribution in [0.15, 0.2) is 6.33 Å². The highest BCUT2D eigenvalue weighted by atomic mass is 16.1. The quantitative estimate of drug-likeness (QED) is 0.566. The molecule has 0 N–H and O–H groups in total. The fourth-order valence-electron chi connectivity index (χ4n) is 0.734. The second kappa shape index (κ2) is 2.60. The Morgan fingerprint density at radius 2 is 2.40 bits per heavy atom. The van der Waals surface area contributed by atoms with Crippen LogP contribution in [0, 0.1) is 0 Å². The van der Waals surface area contributed by atoms with E-state index in [9.17, 15) is 4.79 Å². The number of carbonyl (C=O) groups excluding carboxylic acids is 1. The van der Waals surface area contributed by atoms with Gasteiger partial charge in [-0.3, -0.25) is 4.79 Å². The van der Waals surface area contributed by atoms with Crippen LogP contribution in [-0.2, 0) is 0 Å². The predicted octanol–water partition coefficient (Wildman–Crippen LogP) is 0.671. The molecule has 1 heterocycles. The van der Waals surface area contributed by atoms with Crippen molar-refractivity contribution in [3.63, 3.8) is 0 Å². The van der Waals surface area contributed by atoms with Crippen molar-refractivity contribution < 1.29 is 4.79 Å². The molecule has 0 aliphatic rings. The second-order valence-corrected chi connectivity index (χ2v) is 2.31. The molecule has 4 nitrogen and oxygen atoms in total. The fraction of sp³-hybridized carbons (Fsp3) is 0.500. The lowest BCUT2D eigenvalue weighted by Gasteiger charge is -2.04. The number of aldehydes is 1. The number of rotatable bonds is 2. The molecule has 0 saturated heterocycles. The van der Waals surface area contributed by atoms with Crippen LogP contribution in [-0.4, -0.2) is 21.1 Å². The van der Waals surface area contributed by atoms with E-state index in [1.54, 1.807) is 10.9 Å². The van der Waals surface area contributed by atoms with E-state index >= 15 is 0 Å². The first kappa shape index (κ1) is 6.92. The first-order valence-electron chi connectivity index (χ1n) is 3.10. The fourth-order valence-corrected chi connectivity index (χ4v) is 0.734. The van der Waals surface area contributed by atoms with Crippen molar-refractivity contribution in [3.05, 3.63) is 12.2 Å². The Balaban J connectivity index is 3.01. The van der Waals surface area contributed by atoms with Gasteiger partial charge in [0.15, 0.2) is 12.1 Å². The average molecular weight is 139 g/mol. The normalized spacial score (nSPS) is 10.3. The van der Waals surface area contributed by atoms with Gasteiger partial charge in [0.05, 0.1) is 0 Å². The zero-order valence-electron chi connectivity index (χ0n) is 5.98. The van der Waals surface area contributed by atoms with Gasteiger partial charge in [-0.2, -0.15) is 0 Å². The van der Waals surface area contributed by atoms with E-state index in [2.05, 4.69) is 10.2 Å². The lowest BCUT2D eigenvalue weighted by molar-refractivity contribution is 0.110. The molecule has 0 unspecified atom stereocenters. The molecule has 10 heavy (non-hydrogen) atoms. The second-order valence-electron chi connectivity index (χ2n) is 2.31. The molecule has 0 bridgehead atoms. The predicted molar refractivity (Wildman–Crippen MR) is 35.8 cm³/mol. The first-order valence-corrected chi connectivity index (χ1v) is 3.10. The molecule has 0 aromatic carbocycles. The van der Waals surface area contributed by atoms with Gasteiger partial charge in [0.2, 0.25) is 0 Å². The molecule has 0 fully saturated rings. The Morgan fingerprint density at radius 3 is 2.80 bits per heavy atom. The molecule has 0 aliphatic carbocycles. The van der Waals surface area contributed by atoms with Crippen LogP contribution in [0.2, 0.25) is 0 Å². The standard InChI is InChI=1S/C6H9N3O/c1-5(2)9-4-7-8-6(9)3-10/h3-5H,1-2H3. The van der Waals surface area contributed by atoms with Gasteiger partial charge in [-0.1, -0.05) is 0 Å². The molecule has 0 spiro atoms. The van der Waals surface area contributed by atoms with E-state index in [-0.39, 0.29) is 6.04 Å². The number of aromatic nitrogens is 3. The summed E-state index contributed by atoms with van der Waals surface area (Å²) in [5.74, 6) is 0.384. The Morgan fingerprint density at radius 1 is 1.70 bits per heavy atom. The highest BCUT2D eigenvalue weighted by Gasteiger charge is 2.03. The van der Waals surface area contributed by atoms with Gasteiger partial charge >= 0.3 is 0 Å². The largest absolute Gasteiger partial charge is 0.309 e. The van der Waals surface area contributed by atoms with E-state index < -0.39 is 0 Å². The van der Waals surface area contributed by atoms with Crippen molar-refractivity contribution >= 4 is 6.29 Å². The van der Waals surface area contributed by atoms with Crippen molar-refractivity contribution in [2.45, 2.75) is 19.9 Å². The Bertz CT molecular complexity index is 229. The zero-order valence-corrected chi connectivity index (χ0v) is 5.98. The van der Waals surface area contributed by atoms with Gasteiger partial charge in [0.1, 0.15) is 6.33 Å². The summed E-state index contributed by atoms with van der Waals surface area (Å²) in [4.78, 5) is 10.3. The van der Waals surface area contributed by atoms with Crippen molar-refractivity contribution in [1.29, 1.82) is 0 Å². The summed E-state index contributed by atoms with van der Waals surface area (Å²) in [5.41, 5.74) is 0. The summed E-state index contributed by atoms with van der Waals surface area (Å²) in [6, 6.07) is 0.246. The van der Waals surface area contributed by atoms with Crippen LogP contribution in [0.1, 0.15) is 30.5 Å². The molecule has 0 atom stereocenters. The van der Waals surface area contributed by atoms with E-state index in [0.717, 1.165) is 0 Å². The van der Waals surface area contributed by atoms with E-state index in [4.69, 9.17) is 0 Å². The van der Waals surface area contributed by atoms with Crippen molar-refractivity contribution in [3.8, 4) is 0 Å². The van der Waals surface area contributed by atoms with Gasteiger partial charge < -0.3 is 4.57 Å². The van der Waals surface area contributed by atoms with Crippen molar-refractivity contribution in [2.75, 3.05) is 0 Å². The van der Waals surface area contributed by atoms with Gasteiger partial charge in [-0.25, -0.2) is 0 Å². The van der Waals surface area contributed by atoms with Gasteiger partial charge in [-0.05, 0) is 13.8 Å². The van der Waals surface area contributed by atoms with E-state index in [1.165, 1.54) is 0 Å². The lowest BCUT2D eigenvalue weighted by Crippen LogP contribution is -2.03. The monoisotopic (exact) mass is 139 g/mol. The maximum Gasteiger partial charge on any atom is 0.196 e. The maximum atomic E-state index is 10.3. The Hall–Kier alpha value is -1.19. The lowest BCUT2D eigenvalue weighted by atomic mass is 10.4. The third kappa shape index (κ3) is 1.05. The molecule has 0 aliphatic heterocycles. The molecule has 0 amide bonds. The summed E-state index contributed by atoms with van der Waals surface area (Å²) < 4.78 is 1.72. The maximum absolute atomic E-state index is 10.3.